The van der Waals surface area contributed by atoms with Crippen LogP contribution in [0.4, 0.5) is 0 Å². The number of alkyl halides is 1. The van der Waals surface area contributed by atoms with Crippen molar-refractivity contribution in [1.29, 1.82) is 0 Å². The van der Waals surface area contributed by atoms with Gasteiger partial charge in [-0.3, -0.25) is 0 Å². The van der Waals surface area contributed by atoms with Gasteiger partial charge in [0.1, 0.15) is 5.75 Å². The van der Waals surface area contributed by atoms with Gasteiger partial charge < -0.3 is 4.74 Å². The smallest absolute Gasteiger partial charge is 0.120 e. The van der Waals surface area contributed by atoms with Gasteiger partial charge in [-0.25, -0.2) is 0 Å². The van der Waals surface area contributed by atoms with Crippen molar-refractivity contribution in [1.82, 2.24) is 0 Å². The summed E-state index contributed by atoms with van der Waals surface area (Å²) in [6.45, 7) is 0. The second-order valence-electron chi connectivity index (χ2n) is 3.81. The number of ether oxygens (including phenoxy) is 1. The number of benzene rings is 2. The molecule has 0 bridgehead atoms. The quantitative estimate of drug-likeness (QED) is 0.459. The number of rotatable bonds is 3. The number of hydrogen-bond acceptors (Lipinski definition) is 1. The fourth-order valence-corrected chi connectivity index (χ4v) is 3.35. The van der Waals surface area contributed by atoms with E-state index < -0.39 is 0 Å². The van der Waals surface area contributed by atoms with E-state index in [2.05, 4.69) is 56.7 Å². The highest BCUT2D eigenvalue weighted by atomic mass is 127. The topological polar surface area (TPSA) is 9.23 Å². The van der Waals surface area contributed by atoms with E-state index in [4.69, 9.17) is 16.3 Å². The Hall–Kier alpha value is -0.260. The first kappa shape index (κ1) is 14.2. The summed E-state index contributed by atoms with van der Waals surface area (Å²) in [5.41, 5.74) is 2.23. The number of methoxy groups -OCH3 is 1. The van der Waals surface area contributed by atoms with E-state index in [1.165, 1.54) is 9.13 Å². The molecule has 0 saturated heterocycles. The largest absolute Gasteiger partial charge is 0.497 e. The third kappa shape index (κ3) is 3.19. The van der Waals surface area contributed by atoms with Crippen molar-refractivity contribution in [3.63, 3.8) is 0 Å². The molecule has 2 aromatic carbocycles. The maximum absolute atomic E-state index is 6.28. The summed E-state index contributed by atoms with van der Waals surface area (Å²) >= 11 is 12.3. The Morgan fingerprint density at radius 1 is 1.22 bits per heavy atom. The molecule has 2 rings (SSSR count). The third-order valence-corrected chi connectivity index (χ3v) is 4.64. The molecule has 0 spiro atoms. The van der Waals surface area contributed by atoms with Gasteiger partial charge in [0, 0.05) is 8.59 Å². The van der Waals surface area contributed by atoms with Crippen LogP contribution in [0.5, 0.6) is 5.75 Å². The zero-order valence-corrected chi connectivity index (χ0v) is 14.2. The lowest BCUT2D eigenvalue weighted by Crippen LogP contribution is -1.95. The van der Waals surface area contributed by atoms with E-state index >= 15 is 0 Å². The fourth-order valence-electron chi connectivity index (χ4n) is 1.68. The molecule has 0 amide bonds. The molecule has 0 aliphatic carbocycles. The van der Waals surface area contributed by atoms with Gasteiger partial charge in [0.15, 0.2) is 0 Å². The van der Waals surface area contributed by atoms with E-state index in [-0.39, 0.29) is 4.83 Å². The van der Waals surface area contributed by atoms with Gasteiger partial charge in [-0.05, 0) is 58.0 Å². The van der Waals surface area contributed by atoms with Gasteiger partial charge in [-0.1, -0.05) is 45.7 Å². The molecule has 0 aromatic heterocycles. The molecule has 0 saturated carbocycles. The van der Waals surface area contributed by atoms with Crippen molar-refractivity contribution in [3.8, 4) is 5.75 Å². The van der Waals surface area contributed by atoms with Crippen LogP contribution in [0.2, 0.25) is 5.02 Å². The minimum Gasteiger partial charge on any atom is -0.497 e. The second kappa shape index (κ2) is 6.26. The Morgan fingerprint density at radius 2 is 2.00 bits per heavy atom. The molecule has 0 radical (unpaired) electrons. The zero-order chi connectivity index (χ0) is 13.1. The molecule has 0 N–H and O–H groups in total. The maximum atomic E-state index is 6.28. The lowest BCUT2D eigenvalue weighted by molar-refractivity contribution is 0.414. The molecule has 2 aromatic rings. The first-order valence-corrected chi connectivity index (χ1v) is 7.72. The molecular weight excluding hydrogens is 426 g/mol. The summed E-state index contributed by atoms with van der Waals surface area (Å²) in [5.74, 6) is 0.770. The molecule has 0 aliphatic rings. The summed E-state index contributed by atoms with van der Waals surface area (Å²) in [6.07, 6.45) is 0. The van der Waals surface area contributed by atoms with E-state index in [9.17, 15) is 0 Å². The zero-order valence-electron chi connectivity index (χ0n) is 9.66. The first-order chi connectivity index (χ1) is 8.61. The summed E-state index contributed by atoms with van der Waals surface area (Å²) in [5, 5.41) is 0.704. The Morgan fingerprint density at radius 3 is 2.61 bits per heavy atom. The van der Waals surface area contributed by atoms with Gasteiger partial charge in [0.25, 0.3) is 0 Å². The van der Waals surface area contributed by atoms with Crippen LogP contribution in [-0.4, -0.2) is 7.11 Å². The average molecular weight is 438 g/mol. The van der Waals surface area contributed by atoms with Crippen molar-refractivity contribution in [2.24, 2.45) is 0 Å². The van der Waals surface area contributed by atoms with Crippen molar-refractivity contribution in [3.05, 3.63) is 62.2 Å². The molecule has 1 nitrogen and oxygen atoms in total. The van der Waals surface area contributed by atoms with Gasteiger partial charge in [-0.15, -0.1) is 0 Å². The predicted molar refractivity (Wildman–Crippen MR) is 87.9 cm³/mol. The summed E-state index contributed by atoms with van der Waals surface area (Å²) < 4.78 is 6.36. The van der Waals surface area contributed by atoms with Crippen LogP contribution < -0.4 is 4.74 Å². The van der Waals surface area contributed by atoms with Crippen LogP contribution in [0.15, 0.2) is 42.5 Å². The lowest BCUT2D eigenvalue weighted by Gasteiger charge is -2.13. The maximum Gasteiger partial charge on any atom is 0.120 e. The highest BCUT2D eigenvalue weighted by Gasteiger charge is 2.14. The second-order valence-corrected chi connectivity index (χ2v) is 6.37. The van der Waals surface area contributed by atoms with Crippen molar-refractivity contribution < 1.29 is 4.74 Å². The summed E-state index contributed by atoms with van der Waals surface area (Å²) in [6, 6.07) is 14.1. The van der Waals surface area contributed by atoms with Crippen LogP contribution >= 0.6 is 50.1 Å². The highest BCUT2D eigenvalue weighted by Crippen LogP contribution is 2.37. The molecule has 4 heteroatoms. The minimum atomic E-state index is 0.0885. The molecule has 1 atom stereocenters. The molecule has 94 valence electrons. The Labute approximate surface area is 134 Å². The number of hydrogen-bond donors (Lipinski definition) is 0. The van der Waals surface area contributed by atoms with Crippen LogP contribution in [-0.2, 0) is 0 Å². The van der Waals surface area contributed by atoms with Crippen molar-refractivity contribution in [2.45, 2.75) is 4.83 Å². The van der Waals surface area contributed by atoms with E-state index in [0.29, 0.717) is 5.02 Å². The summed E-state index contributed by atoms with van der Waals surface area (Å²) in [7, 11) is 1.64. The van der Waals surface area contributed by atoms with Crippen LogP contribution in [0.3, 0.4) is 0 Å². The third-order valence-electron chi connectivity index (χ3n) is 2.62. The Kier molecular flexibility index (Phi) is 4.92. The monoisotopic (exact) mass is 436 g/mol. The lowest BCUT2D eigenvalue weighted by atomic mass is 10.0. The van der Waals surface area contributed by atoms with Gasteiger partial charge >= 0.3 is 0 Å². The average Bonchev–Trinajstić information content (AvgIpc) is 2.37. The molecule has 0 heterocycles. The minimum absolute atomic E-state index is 0.0885. The highest BCUT2D eigenvalue weighted by molar-refractivity contribution is 14.1. The standard InChI is InChI=1S/C14H11BrClIO/c1-18-11-5-6-12(13(16)8-11)14(15)9-3-2-4-10(17)7-9/h2-8,14H,1H3. The van der Waals surface area contributed by atoms with Crippen LogP contribution in [0, 0.1) is 3.57 Å². The van der Waals surface area contributed by atoms with Crippen LogP contribution in [0.1, 0.15) is 16.0 Å². The van der Waals surface area contributed by atoms with Crippen molar-refractivity contribution in [2.75, 3.05) is 7.11 Å². The van der Waals surface area contributed by atoms with Crippen molar-refractivity contribution >= 4 is 50.1 Å². The fraction of sp³-hybridized carbons (Fsp3) is 0.143. The van der Waals surface area contributed by atoms with Crippen LogP contribution in [0.25, 0.3) is 0 Å². The normalized spacial score (nSPS) is 12.2. The molecule has 0 fully saturated rings. The molecule has 1 unspecified atom stereocenters. The molecule has 0 aliphatic heterocycles. The number of halogens is 3. The first-order valence-electron chi connectivity index (χ1n) is 5.35. The van der Waals surface area contributed by atoms with Gasteiger partial charge in [0.05, 0.1) is 11.9 Å². The molecular formula is C14H11BrClIO. The van der Waals surface area contributed by atoms with Gasteiger partial charge in [-0.2, -0.15) is 0 Å². The predicted octanol–water partition coefficient (Wildman–Crippen LogP) is 5.44. The van der Waals surface area contributed by atoms with Gasteiger partial charge in [0.2, 0.25) is 0 Å². The SMILES string of the molecule is COc1ccc(C(Br)c2cccc(I)c2)c(Cl)c1. The Balaban J connectivity index is 2.37. The van der Waals surface area contributed by atoms with E-state index in [1.54, 1.807) is 7.11 Å². The molecule has 18 heavy (non-hydrogen) atoms. The van der Waals surface area contributed by atoms with E-state index in [0.717, 1.165) is 11.3 Å². The summed E-state index contributed by atoms with van der Waals surface area (Å²) in [4.78, 5) is 0.0885. The Bertz CT molecular complexity index is 559. The van der Waals surface area contributed by atoms with E-state index in [1.807, 2.05) is 24.3 Å².